The number of likely N-dealkylation sites (tertiary alicyclic amines) is 1. The number of nitrogens with zero attached hydrogens (tertiary/aromatic N) is 1. The first-order valence-electron chi connectivity index (χ1n) is 6.27. The van der Waals surface area contributed by atoms with E-state index in [0.717, 1.165) is 38.9 Å². The molecule has 1 rings (SSSR count). The maximum atomic E-state index is 11.8. The molecule has 0 atom stereocenters. The summed E-state index contributed by atoms with van der Waals surface area (Å²) in [5.74, 6) is 0.393. The quantitative estimate of drug-likeness (QED) is 0.725. The van der Waals surface area contributed by atoms with Crippen molar-refractivity contribution in [3.63, 3.8) is 0 Å². The normalized spacial score (nSPS) is 19.0. The molecule has 0 radical (unpaired) electrons. The van der Waals surface area contributed by atoms with E-state index >= 15 is 0 Å². The monoisotopic (exact) mass is 228 g/mol. The first kappa shape index (κ1) is 13.5. The molecule has 94 valence electrons. The van der Waals surface area contributed by atoms with Crippen molar-refractivity contribution < 1.29 is 9.90 Å². The van der Waals surface area contributed by atoms with Gasteiger partial charge in [0.1, 0.15) is 0 Å². The number of hydrogen-bond donors (Lipinski definition) is 2. The lowest BCUT2D eigenvalue weighted by atomic mass is 9.95. The molecule has 1 aliphatic heterocycles. The fourth-order valence-electron chi connectivity index (χ4n) is 2.12. The zero-order chi connectivity index (χ0) is 12.0. The summed E-state index contributed by atoms with van der Waals surface area (Å²) >= 11 is 0. The first-order chi connectivity index (χ1) is 7.63. The Labute approximate surface area is 98.0 Å². The third-order valence-electron chi connectivity index (χ3n) is 3.02. The molecule has 0 aliphatic carbocycles. The van der Waals surface area contributed by atoms with Crippen LogP contribution in [0.4, 0.5) is 0 Å². The maximum Gasteiger partial charge on any atom is 0.223 e. The Morgan fingerprint density at radius 2 is 2.06 bits per heavy atom. The molecule has 0 aromatic carbocycles. The van der Waals surface area contributed by atoms with Crippen LogP contribution in [0.2, 0.25) is 0 Å². The second-order valence-corrected chi connectivity index (χ2v) is 4.86. The molecule has 0 unspecified atom stereocenters. The fourth-order valence-corrected chi connectivity index (χ4v) is 2.12. The topological polar surface area (TPSA) is 52.6 Å². The minimum absolute atomic E-state index is 0.188. The molecule has 1 aliphatic rings. The summed E-state index contributed by atoms with van der Waals surface area (Å²) in [6.07, 6.45) is 2.73. The number of carbonyl (C=O) groups is 1. The van der Waals surface area contributed by atoms with E-state index in [-0.39, 0.29) is 24.5 Å². The zero-order valence-corrected chi connectivity index (χ0v) is 10.4. The molecule has 4 nitrogen and oxygen atoms in total. The van der Waals surface area contributed by atoms with Crippen LogP contribution in [0.15, 0.2) is 0 Å². The van der Waals surface area contributed by atoms with Gasteiger partial charge in [-0.1, -0.05) is 0 Å². The number of aliphatic hydroxyl groups excluding tert-OH is 1. The van der Waals surface area contributed by atoms with E-state index in [0.29, 0.717) is 0 Å². The number of carbonyl (C=O) groups excluding carboxylic acids is 1. The Hall–Kier alpha value is -0.610. The average molecular weight is 228 g/mol. The summed E-state index contributed by atoms with van der Waals surface area (Å²) in [4.78, 5) is 14.1. The molecular formula is C12H24N2O2. The predicted octanol–water partition coefficient (Wildman–Crippen LogP) is 0.605. The SMILES string of the molecule is CC(C)NC(=O)C1CCN(CCCO)CC1. The predicted molar refractivity (Wildman–Crippen MR) is 64.1 cm³/mol. The van der Waals surface area contributed by atoms with Crippen LogP contribution in [0.25, 0.3) is 0 Å². The summed E-state index contributed by atoms with van der Waals surface area (Å²) in [5, 5.41) is 11.7. The molecule has 1 amide bonds. The van der Waals surface area contributed by atoms with Crippen molar-refractivity contribution in [1.29, 1.82) is 0 Å². The van der Waals surface area contributed by atoms with Crippen molar-refractivity contribution in [2.75, 3.05) is 26.2 Å². The number of hydrogen-bond acceptors (Lipinski definition) is 3. The Balaban J connectivity index is 2.23. The summed E-state index contributed by atoms with van der Waals surface area (Å²) in [6, 6.07) is 0.236. The van der Waals surface area contributed by atoms with Crippen LogP contribution in [-0.2, 0) is 4.79 Å². The highest BCUT2D eigenvalue weighted by molar-refractivity contribution is 5.78. The molecule has 0 saturated carbocycles. The van der Waals surface area contributed by atoms with Crippen molar-refractivity contribution in [3.8, 4) is 0 Å². The van der Waals surface area contributed by atoms with Crippen LogP contribution in [0.3, 0.4) is 0 Å². The molecule has 0 bridgehead atoms. The van der Waals surface area contributed by atoms with Gasteiger partial charge in [-0.3, -0.25) is 4.79 Å². The molecule has 0 aromatic heterocycles. The molecular weight excluding hydrogens is 204 g/mol. The van der Waals surface area contributed by atoms with Gasteiger partial charge in [0.15, 0.2) is 0 Å². The van der Waals surface area contributed by atoms with Crippen LogP contribution in [0.1, 0.15) is 33.1 Å². The highest BCUT2D eigenvalue weighted by Gasteiger charge is 2.24. The number of nitrogens with one attached hydrogen (secondary N) is 1. The van der Waals surface area contributed by atoms with Gasteiger partial charge in [0.2, 0.25) is 5.91 Å². The molecule has 0 spiro atoms. The molecule has 1 saturated heterocycles. The standard InChI is InChI=1S/C12H24N2O2/c1-10(2)13-12(16)11-4-7-14(8-5-11)6-3-9-15/h10-11,15H,3-9H2,1-2H3,(H,13,16). The molecule has 1 fully saturated rings. The summed E-state index contributed by atoms with van der Waals surface area (Å²) in [5.41, 5.74) is 0. The third-order valence-corrected chi connectivity index (χ3v) is 3.02. The first-order valence-corrected chi connectivity index (χ1v) is 6.27. The summed E-state index contributed by atoms with van der Waals surface area (Å²) in [6.45, 7) is 7.16. The molecule has 2 N–H and O–H groups in total. The smallest absolute Gasteiger partial charge is 0.223 e. The van der Waals surface area contributed by atoms with Crippen molar-refractivity contribution in [1.82, 2.24) is 10.2 Å². The zero-order valence-electron chi connectivity index (χ0n) is 10.4. The summed E-state index contributed by atoms with van der Waals surface area (Å²) < 4.78 is 0. The number of piperidine rings is 1. The third kappa shape index (κ3) is 4.49. The Morgan fingerprint density at radius 3 is 2.56 bits per heavy atom. The highest BCUT2D eigenvalue weighted by atomic mass is 16.3. The van der Waals surface area contributed by atoms with Crippen molar-refractivity contribution in [2.24, 2.45) is 5.92 Å². The van der Waals surface area contributed by atoms with Crippen LogP contribution in [-0.4, -0.2) is 48.2 Å². The van der Waals surface area contributed by atoms with Crippen LogP contribution in [0, 0.1) is 5.92 Å². The van der Waals surface area contributed by atoms with Crippen LogP contribution < -0.4 is 5.32 Å². The van der Waals surface area contributed by atoms with Crippen molar-refractivity contribution >= 4 is 5.91 Å². The lowest BCUT2D eigenvalue weighted by Crippen LogP contribution is -2.42. The lowest BCUT2D eigenvalue weighted by molar-refractivity contribution is -0.126. The van der Waals surface area contributed by atoms with Crippen LogP contribution in [0.5, 0.6) is 0 Å². The van der Waals surface area contributed by atoms with E-state index in [4.69, 9.17) is 5.11 Å². The van der Waals surface area contributed by atoms with Crippen LogP contribution >= 0.6 is 0 Å². The Bertz CT molecular complexity index is 211. The van der Waals surface area contributed by atoms with Gasteiger partial charge in [0, 0.05) is 25.1 Å². The minimum atomic E-state index is 0.188. The Morgan fingerprint density at radius 1 is 1.44 bits per heavy atom. The fraction of sp³-hybridized carbons (Fsp3) is 0.917. The number of aliphatic hydroxyl groups is 1. The number of rotatable bonds is 5. The molecule has 4 heteroatoms. The maximum absolute atomic E-state index is 11.8. The van der Waals surface area contributed by atoms with E-state index in [1.807, 2.05) is 13.8 Å². The van der Waals surface area contributed by atoms with E-state index < -0.39 is 0 Å². The lowest BCUT2D eigenvalue weighted by Gasteiger charge is -2.31. The van der Waals surface area contributed by atoms with E-state index in [9.17, 15) is 4.79 Å². The average Bonchev–Trinajstić information content (AvgIpc) is 2.26. The van der Waals surface area contributed by atoms with Gasteiger partial charge in [-0.2, -0.15) is 0 Å². The van der Waals surface area contributed by atoms with Gasteiger partial charge in [0.05, 0.1) is 0 Å². The van der Waals surface area contributed by atoms with Gasteiger partial charge >= 0.3 is 0 Å². The van der Waals surface area contributed by atoms with Gasteiger partial charge in [-0.05, 0) is 46.2 Å². The Kier molecular flexibility index (Phi) is 5.77. The number of amides is 1. The second kappa shape index (κ2) is 6.86. The molecule has 1 heterocycles. The van der Waals surface area contributed by atoms with Gasteiger partial charge in [0.25, 0.3) is 0 Å². The summed E-state index contributed by atoms with van der Waals surface area (Å²) in [7, 11) is 0. The molecule has 0 aromatic rings. The second-order valence-electron chi connectivity index (χ2n) is 4.86. The van der Waals surface area contributed by atoms with E-state index in [1.165, 1.54) is 0 Å². The van der Waals surface area contributed by atoms with E-state index in [2.05, 4.69) is 10.2 Å². The van der Waals surface area contributed by atoms with Gasteiger partial charge in [-0.25, -0.2) is 0 Å². The van der Waals surface area contributed by atoms with Crippen molar-refractivity contribution in [3.05, 3.63) is 0 Å². The van der Waals surface area contributed by atoms with E-state index in [1.54, 1.807) is 0 Å². The van der Waals surface area contributed by atoms with Gasteiger partial charge < -0.3 is 15.3 Å². The van der Waals surface area contributed by atoms with Gasteiger partial charge in [-0.15, -0.1) is 0 Å². The largest absolute Gasteiger partial charge is 0.396 e. The highest BCUT2D eigenvalue weighted by Crippen LogP contribution is 2.17. The molecule has 16 heavy (non-hydrogen) atoms. The van der Waals surface area contributed by atoms with Crippen molar-refractivity contribution in [2.45, 2.75) is 39.2 Å². The minimum Gasteiger partial charge on any atom is -0.396 e.